The molecule has 0 radical (unpaired) electrons. The number of aromatic hydroxyl groups is 1. The monoisotopic (exact) mass is 229 g/mol. The first-order chi connectivity index (χ1) is 8.09. The van der Waals surface area contributed by atoms with Crippen LogP contribution in [0.2, 0.25) is 0 Å². The van der Waals surface area contributed by atoms with Crippen molar-refractivity contribution in [1.82, 2.24) is 9.97 Å². The van der Waals surface area contributed by atoms with Crippen molar-refractivity contribution in [2.75, 3.05) is 19.0 Å². The number of hydrogen-bond donors (Lipinski definition) is 1. The normalized spacial score (nSPS) is 10.3. The molecule has 17 heavy (non-hydrogen) atoms. The Hall–Kier alpha value is -2.10. The van der Waals surface area contributed by atoms with Gasteiger partial charge in [0.2, 0.25) is 0 Å². The van der Waals surface area contributed by atoms with Crippen LogP contribution in [-0.4, -0.2) is 29.2 Å². The van der Waals surface area contributed by atoms with E-state index < -0.39 is 0 Å². The summed E-state index contributed by atoms with van der Waals surface area (Å²) in [5.74, 6) is 1.08. The summed E-state index contributed by atoms with van der Waals surface area (Å²) in [4.78, 5) is 10.6. The summed E-state index contributed by atoms with van der Waals surface area (Å²) in [5.41, 5.74) is 2.40. The first kappa shape index (κ1) is 11.4. The molecule has 88 valence electrons. The number of pyridine rings is 2. The van der Waals surface area contributed by atoms with Gasteiger partial charge in [-0.1, -0.05) is 0 Å². The number of anilines is 1. The van der Waals surface area contributed by atoms with Gasteiger partial charge in [-0.05, 0) is 31.2 Å². The van der Waals surface area contributed by atoms with E-state index in [0.29, 0.717) is 5.69 Å². The number of hydrogen-bond acceptors (Lipinski definition) is 4. The maximum atomic E-state index is 9.48. The smallest absolute Gasteiger partial charge is 0.137 e. The molecule has 2 aromatic rings. The van der Waals surface area contributed by atoms with Crippen LogP contribution in [0.15, 0.2) is 30.5 Å². The Bertz CT molecular complexity index is 538. The molecule has 0 saturated carbocycles. The summed E-state index contributed by atoms with van der Waals surface area (Å²) in [7, 11) is 3.89. The van der Waals surface area contributed by atoms with E-state index in [1.807, 2.05) is 31.1 Å². The third kappa shape index (κ3) is 2.20. The van der Waals surface area contributed by atoms with Gasteiger partial charge in [0, 0.05) is 25.9 Å². The summed E-state index contributed by atoms with van der Waals surface area (Å²) in [6.07, 6.45) is 1.76. The average Bonchev–Trinajstić information content (AvgIpc) is 2.32. The van der Waals surface area contributed by atoms with Crippen molar-refractivity contribution < 1.29 is 5.11 Å². The molecule has 0 fully saturated rings. The molecule has 0 aromatic carbocycles. The molecule has 0 aliphatic heterocycles. The molecule has 1 N–H and O–H groups in total. The highest BCUT2D eigenvalue weighted by atomic mass is 16.3. The van der Waals surface area contributed by atoms with E-state index >= 15 is 0 Å². The van der Waals surface area contributed by atoms with E-state index in [1.165, 1.54) is 0 Å². The predicted octanol–water partition coefficient (Wildman–Crippen LogP) is 2.22. The van der Waals surface area contributed by atoms with Crippen molar-refractivity contribution in [3.8, 4) is 17.0 Å². The number of rotatable bonds is 2. The van der Waals surface area contributed by atoms with E-state index in [9.17, 15) is 5.11 Å². The van der Waals surface area contributed by atoms with Gasteiger partial charge in [-0.2, -0.15) is 0 Å². The van der Waals surface area contributed by atoms with Gasteiger partial charge in [0.15, 0.2) is 0 Å². The summed E-state index contributed by atoms with van der Waals surface area (Å²) < 4.78 is 0. The fraction of sp³-hybridized carbons (Fsp3) is 0.231. The minimum absolute atomic E-state index is 0.212. The molecule has 0 amide bonds. The van der Waals surface area contributed by atoms with E-state index in [2.05, 4.69) is 9.97 Å². The van der Waals surface area contributed by atoms with Crippen LogP contribution >= 0.6 is 0 Å². The summed E-state index contributed by atoms with van der Waals surface area (Å²) >= 11 is 0. The first-order valence-electron chi connectivity index (χ1n) is 5.39. The second-order valence-electron chi connectivity index (χ2n) is 4.07. The zero-order valence-electron chi connectivity index (χ0n) is 10.2. The van der Waals surface area contributed by atoms with Gasteiger partial charge in [0.1, 0.15) is 11.6 Å². The molecular formula is C13H15N3O. The molecule has 4 heteroatoms. The van der Waals surface area contributed by atoms with Gasteiger partial charge in [-0.3, -0.25) is 0 Å². The van der Waals surface area contributed by atoms with E-state index in [4.69, 9.17) is 0 Å². The third-order valence-corrected chi connectivity index (χ3v) is 2.54. The van der Waals surface area contributed by atoms with Crippen molar-refractivity contribution >= 4 is 5.82 Å². The van der Waals surface area contributed by atoms with Crippen LogP contribution in [0.1, 0.15) is 5.69 Å². The molecule has 0 unspecified atom stereocenters. The Morgan fingerprint density at radius 3 is 2.59 bits per heavy atom. The summed E-state index contributed by atoms with van der Waals surface area (Å²) in [5, 5.41) is 9.48. The van der Waals surface area contributed by atoms with Crippen molar-refractivity contribution in [2.45, 2.75) is 6.92 Å². The lowest BCUT2D eigenvalue weighted by Crippen LogP contribution is -2.12. The fourth-order valence-corrected chi connectivity index (χ4v) is 1.66. The topological polar surface area (TPSA) is 49.2 Å². The van der Waals surface area contributed by atoms with Crippen LogP contribution < -0.4 is 4.90 Å². The van der Waals surface area contributed by atoms with Crippen LogP contribution in [-0.2, 0) is 0 Å². The molecular weight excluding hydrogens is 214 g/mol. The zero-order valence-corrected chi connectivity index (χ0v) is 10.2. The van der Waals surface area contributed by atoms with Gasteiger partial charge >= 0.3 is 0 Å². The quantitative estimate of drug-likeness (QED) is 0.857. The van der Waals surface area contributed by atoms with Gasteiger partial charge in [-0.15, -0.1) is 0 Å². The molecule has 2 rings (SSSR count). The molecule has 2 heterocycles. The summed E-state index contributed by atoms with van der Waals surface area (Å²) in [6, 6.07) is 7.31. The Morgan fingerprint density at radius 2 is 1.94 bits per heavy atom. The SMILES string of the molecule is Cc1nc(-c2cccnc2N(C)C)ccc1O. The molecule has 0 aliphatic carbocycles. The lowest BCUT2D eigenvalue weighted by atomic mass is 10.1. The van der Waals surface area contributed by atoms with Gasteiger partial charge in [0.25, 0.3) is 0 Å². The largest absolute Gasteiger partial charge is 0.506 e. The molecule has 2 aromatic heterocycles. The minimum Gasteiger partial charge on any atom is -0.506 e. The fourth-order valence-electron chi connectivity index (χ4n) is 1.66. The molecule has 0 spiro atoms. The second kappa shape index (κ2) is 4.41. The van der Waals surface area contributed by atoms with Crippen LogP contribution in [0.5, 0.6) is 5.75 Å². The number of aromatic nitrogens is 2. The zero-order chi connectivity index (χ0) is 12.4. The highest BCUT2D eigenvalue weighted by Gasteiger charge is 2.10. The Kier molecular flexibility index (Phi) is 2.95. The van der Waals surface area contributed by atoms with E-state index in [-0.39, 0.29) is 5.75 Å². The molecule has 0 saturated heterocycles. The van der Waals surface area contributed by atoms with Crippen LogP contribution in [0.25, 0.3) is 11.3 Å². The highest BCUT2D eigenvalue weighted by Crippen LogP contribution is 2.27. The Labute approximate surface area is 101 Å². The molecule has 0 atom stereocenters. The lowest BCUT2D eigenvalue weighted by Gasteiger charge is -2.15. The highest BCUT2D eigenvalue weighted by molar-refractivity contribution is 5.73. The van der Waals surface area contributed by atoms with Gasteiger partial charge in [0.05, 0.1) is 11.4 Å². The minimum atomic E-state index is 0.212. The van der Waals surface area contributed by atoms with Crippen molar-refractivity contribution in [3.63, 3.8) is 0 Å². The van der Waals surface area contributed by atoms with Gasteiger partial charge < -0.3 is 10.0 Å². The van der Waals surface area contributed by atoms with Crippen LogP contribution in [0.3, 0.4) is 0 Å². The number of aryl methyl sites for hydroxylation is 1. The standard InChI is InChI=1S/C13H15N3O/c1-9-12(17)7-6-11(15-9)10-5-4-8-14-13(10)16(2)3/h4-8,17H,1-3H3. The van der Waals surface area contributed by atoms with Crippen LogP contribution in [0.4, 0.5) is 5.82 Å². The van der Waals surface area contributed by atoms with Crippen molar-refractivity contribution in [1.29, 1.82) is 0 Å². The second-order valence-corrected chi connectivity index (χ2v) is 4.07. The number of nitrogens with zero attached hydrogens (tertiary/aromatic N) is 3. The summed E-state index contributed by atoms with van der Waals surface area (Å²) in [6.45, 7) is 1.78. The Morgan fingerprint density at radius 1 is 1.18 bits per heavy atom. The van der Waals surface area contributed by atoms with E-state index in [1.54, 1.807) is 25.3 Å². The molecule has 0 bridgehead atoms. The maximum Gasteiger partial charge on any atom is 0.137 e. The Balaban J connectivity index is 2.56. The third-order valence-electron chi connectivity index (χ3n) is 2.54. The predicted molar refractivity (Wildman–Crippen MR) is 68.2 cm³/mol. The van der Waals surface area contributed by atoms with Crippen molar-refractivity contribution in [2.24, 2.45) is 0 Å². The van der Waals surface area contributed by atoms with Gasteiger partial charge in [-0.25, -0.2) is 9.97 Å². The molecule has 4 nitrogen and oxygen atoms in total. The molecule has 0 aliphatic rings. The van der Waals surface area contributed by atoms with Crippen LogP contribution in [0, 0.1) is 6.92 Å². The maximum absolute atomic E-state index is 9.48. The lowest BCUT2D eigenvalue weighted by molar-refractivity contribution is 0.468. The first-order valence-corrected chi connectivity index (χ1v) is 5.39. The average molecular weight is 229 g/mol. The van der Waals surface area contributed by atoms with Crippen molar-refractivity contribution in [3.05, 3.63) is 36.2 Å². The van der Waals surface area contributed by atoms with E-state index in [0.717, 1.165) is 17.1 Å².